The van der Waals surface area contributed by atoms with Gasteiger partial charge in [0.25, 0.3) is 5.91 Å². The molecule has 0 atom stereocenters. The first-order valence-electron chi connectivity index (χ1n) is 9.73. The molecule has 2 rings (SSSR count). The smallest absolute Gasteiger partial charge is 0.303 e. The largest absolute Gasteiger partial charge is 0.481 e. The summed E-state index contributed by atoms with van der Waals surface area (Å²) in [5, 5.41) is 14.7. The lowest BCUT2D eigenvalue weighted by molar-refractivity contribution is -0.137. The van der Waals surface area contributed by atoms with Crippen LogP contribution in [-0.4, -0.2) is 27.9 Å². The van der Waals surface area contributed by atoms with Gasteiger partial charge in [0.05, 0.1) is 16.9 Å². The SMILES string of the molecule is Cc1nc(NC(=O)c2ccccc2NC(=O)CCCCCCCC(=O)O)sc1C. The summed E-state index contributed by atoms with van der Waals surface area (Å²) in [5.41, 5.74) is 1.75. The van der Waals surface area contributed by atoms with Gasteiger partial charge >= 0.3 is 5.97 Å². The molecule has 0 aliphatic carbocycles. The standard InChI is InChI=1S/C21H27N3O4S/c1-14-15(2)29-21(22-14)24-20(28)16-10-8-9-11-17(16)23-18(25)12-6-4-3-5-7-13-19(26)27/h8-11H,3-7,12-13H2,1-2H3,(H,23,25)(H,26,27)(H,22,24,28). The van der Waals surface area contributed by atoms with E-state index in [2.05, 4.69) is 15.6 Å². The van der Waals surface area contributed by atoms with Crippen LogP contribution in [0, 0.1) is 13.8 Å². The van der Waals surface area contributed by atoms with Crippen LogP contribution >= 0.6 is 11.3 Å². The lowest BCUT2D eigenvalue weighted by Crippen LogP contribution is -2.18. The molecule has 7 nitrogen and oxygen atoms in total. The van der Waals surface area contributed by atoms with Crippen molar-refractivity contribution >= 4 is 39.9 Å². The Balaban J connectivity index is 1.82. The Bertz CT molecular complexity index is 844. The fourth-order valence-corrected chi connectivity index (χ4v) is 3.60. The topological polar surface area (TPSA) is 108 Å². The summed E-state index contributed by atoms with van der Waals surface area (Å²) in [6.45, 7) is 3.84. The van der Waals surface area contributed by atoms with Crippen LogP contribution in [0.3, 0.4) is 0 Å². The Hall–Kier alpha value is -2.74. The van der Waals surface area contributed by atoms with Crippen molar-refractivity contribution in [2.45, 2.75) is 58.8 Å². The second-order valence-electron chi connectivity index (χ2n) is 6.87. The Kier molecular flexibility index (Phi) is 8.79. The van der Waals surface area contributed by atoms with Crippen LogP contribution in [0.5, 0.6) is 0 Å². The van der Waals surface area contributed by atoms with Gasteiger partial charge in [-0.15, -0.1) is 11.3 Å². The number of carboxylic acid groups (broad SMARTS) is 1. The van der Waals surface area contributed by atoms with Crippen molar-refractivity contribution < 1.29 is 19.5 Å². The van der Waals surface area contributed by atoms with Gasteiger partial charge in [0.1, 0.15) is 0 Å². The zero-order valence-corrected chi connectivity index (χ0v) is 17.6. The molecule has 0 saturated heterocycles. The van der Waals surface area contributed by atoms with Gasteiger partial charge in [-0.2, -0.15) is 0 Å². The first-order chi connectivity index (χ1) is 13.9. The molecule has 0 fully saturated rings. The molecule has 0 spiro atoms. The van der Waals surface area contributed by atoms with E-state index in [0.717, 1.165) is 36.3 Å². The average molecular weight is 418 g/mol. The summed E-state index contributed by atoms with van der Waals surface area (Å²) in [5.74, 6) is -1.22. The molecule has 1 aromatic carbocycles. The van der Waals surface area contributed by atoms with Crippen LogP contribution in [0.4, 0.5) is 10.8 Å². The minimum Gasteiger partial charge on any atom is -0.481 e. The number of aromatic nitrogens is 1. The average Bonchev–Trinajstić information content (AvgIpc) is 2.98. The number of aryl methyl sites for hydroxylation is 2. The van der Waals surface area contributed by atoms with Gasteiger partial charge < -0.3 is 10.4 Å². The number of carbonyl (C=O) groups excluding carboxylic acids is 2. The first kappa shape index (κ1) is 22.5. The molecule has 0 aliphatic rings. The molecule has 0 unspecified atom stereocenters. The van der Waals surface area contributed by atoms with E-state index in [1.165, 1.54) is 11.3 Å². The first-order valence-corrected chi connectivity index (χ1v) is 10.5. The predicted octanol–water partition coefficient (Wildman–Crippen LogP) is 4.77. The van der Waals surface area contributed by atoms with Gasteiger partial charge in [-0.25, -0.2) is 4.98 Å². The normalized spacial score (nSPS) is 10.6. The van der Waals surface area contributed by atoms with E-state index in [4.69, 9.17) is 5.11 Å². The highest BCUT2D eigenvalue weighted by molar-refractivity contribution is 7.15. The summed E-state index contributed by atoms with van der Waals surface area (Å²) in [6, 6.07) is 6.89. The maximum atomic E-state index is 12.6. The summed E-state index contributed by atoms with van der Waals surface area (Å²) in [6.07, 6.45) is 4.59. The molecule has 0 saturated carbocycles. The van der Waals surface area contributed by atoms with Crippen molar-refractivity contribution in [3.63, 3.8) is 0 Å². The van der Waals surface area contributed by atoms with E-state index < -0.39 is 5.97 Å². The van der Waals surface area contributed by atoms with E-state index in [1.54, 1.807) is 24.3 Å². The van der Waals surface area contributed by atoms with Crippen molar-refractivity contribution in [3.05, 3.63) is 40.4 Å². The van der Waals surface area contributed by atoms with Crippen molar-refractivity contribution in [1.82, 2.24) is 4.98 Å². The molecule has 3 N–H and O–H groups in total. The molecular formula is C21H27N3O4S. The molecule has 0 aliphatic heterocycles. The van der Waals surface area contributed by atoms with Gasteiger partial charge in [-0.3, -0.25) is 19.7 Å². The van der Waals surface area contributed by atoms with Crippen molar-refractivity contribution in [2.24, 2.45) is 0 Å². The number of unbranched alkanes of at least 4 members (excludes halogenated alkanes) is 4. The number of aliphatic carboxylic acids is 1. The number of amides is 2. The molecule has 0 bridgehead atoms. The number of thiazole rings is 1. The number of benzene rings is 1. The van der Waals surface area contributed by atoms with Crippen molar-refractivity contribution in [2.75, 3.05) is 10.6 Å². The maximum absolute atomic E-state index is 12.6. The zero-order chi connectivity index (χ0) is 21.2. The molecule has 0 radical (unpaired) electrons. The van der Waals surface area contributed by atoms with Gasteiger partial charge in [-0.1, -0.05) is 31.4 Å². The summed E-state index contributed by atoms with van der Waals surface area (Å²) < 4.78 is 0. The second-order valence-corrected chi connectivity index (χ2v) is 8.07. The maximum Gasteiger partial charge on any atom is 0.303 e. The lowest BCUT2D eigenvalue weighted by Gasteiger charge is -2.10. The van der Waals surface area contributed by atoms with E-state index in [9.17, 15) is 14.4 Å². The number of para-hydroxylation sites is 1. The van der Waals surface area contributed by atoms with Crippen LogP contribution < -0.4 is 10.6 Å². The zero-order valence-electron chi connectivity index (χ0n) is 16.8. The third-order valence-corrected chi connectivity index (χ3v) is 5.48. The number of nitrogens with zero attached hydrogens (tertiary/aromatic N) is 1. The number of rotatable bonds is 11. The van der Waals surface area contributed by atoms with Crippen molar-refractivity contribution in [1.29, 1.82) is 0 Å². The number of hydrogen-bond donors (Lipinski definition) is 3. The highest BCUT2D eigenvalue weighted by Gasteiger charge is 2.15. The Labute approximate surface area is 174 Å². The van der Waals surface area contributed by atoms with Crippen LogP contribution in [0.25, 0.3) is 0 Å². The lowest BCUT2D eigenvalue weighted by atomic mass is 10.1. The van der Waals surface area contributed by atoms with Gasteiger partial charge in [0.15, 0.2) is 5.13 Å². The highest BCUT2D eigenvalue weighted by Crippen LogP contribution is 2.23. The van der Waals surface area contributed by atoms with Crippen LogP contribution in [0.2, 0.25) is 0 Å². The third kappa shape index (κ3) is 7.65. The van der Waals surface area contributed by atoms with Crippen molar-refractivity contribution in [3.8, 4) is 0 Å². The fourth-order valence-electron chi connectivity index (χ4n) is 2.79. The van der Waals surface area contributed by atoms with E-state index in [1.807, 2.05) is 13.8 Å². The molecule has 2 amide bonds. The molecular weight excluding hydrogens is 390 g/mol. The third-order valence-electron chi connectivity index (χ3n) is 4.49. The fraction of sp³-hybridized carbons (Fsp3) is 0.429. The molecule has 8 heteroatoms. The van der Waals surface area contributed by atoms with Crippen LogP contribution in [0.15, 0.2) is 24.3 Å². The predicted molar refractivity (Wildman–Crippen MR) is 115 cm³/mol. The highest BCUT2D eigenvalue weighted by atomic mass is 32.1. The number of anilines is 2. The molecule has 2 aromatic rings. The number of nitrogens with one attached hydrogen (secondary N) is 2. The number of carboxylic acids is 1. The minimum atomic E-state index is -0.771. The molecule has 156 valence electrons. The Morgan fingerprint density at radius 3 is 2.28 bits per heavy atom. The Morgan fingerprint density at radius 2 is 1.62 bits per heavy atom. The minimum absolute atomic E-state index is 0.142. The quantitative estimate of drug-likeness (QED) is 0.457. The van der Waals surface area contributed by atoms with E-state index >= 15 is 0 Å². The van der Waals surface area contributed by atoms with Gasteiger partial charge in [0, 0.05) is 17.7 Å². The number of hydrogen-bond acceptors (Lipinski definition) is 5. The van der Waals surface area contributed by atoms with Crippen LogP contribution in [-0.2, 0) is 9.59 Å². The summed E-state index contributed by atoms with van der Waals surface area (Å²) >= 11 is 1.41. The van der Waals surface area contributed by atoms with E-state index in [0.29, 0.717) is 29.2 Å². The number of carbonyl (C=O) groups is 3. The van der Waals surface area contributed by atoms with Gasteiger partial charge in [0.2, 0.25) is 5.91 Å². The summed E-state index contributed by atoms with van der Waals surface area (Å²) in [4.78, 5) is 40.7. The second kappa shape index (κ2) is 11.3. The Morgan fingerprint density at radius 1 is 0.966 bits per heavy atom. The monoisotopic (exact) mass is 417 g/mol. The summed E-state index contributed by atoms with van der Waals surface area (Å²) in [7, 11) is 0. The van der Waals surface area contributed by atoms with Crippen LogP contribution in [0.1, 0.15) is 65.9 Å². The van der Waals surface area contributed by atoms with E-state index in [-0.39, 0.29) is 18.2 Å². The molecule has 1 aromatic heterocycles. The molecule has 29 heavy (non-hydrogen) atoms. The van der Waals surface area contributed by atoms with Gasteiger partial charge in [-0.05, 0) is 38.8 Å². The molecule has 1 heterocycles.